The molecule has 0 radical (unpaired) electrons. The molecule has 10 heteroatoms. The highest BCUT2D eigenvalue weighted by atomic mass is 79.9. The lowest BCUT2D eigenvalue weighted by atomic mass is 10.1. The molecule has 0 unspecified atom stereocenters. The molecule has 0 atom stereocenters. The Labute approximate surface area is 175 Å². The maximum absolute atomic E-state index is 5.43. The third-order valence-corrected chi connectivity index (χ3v) is 4.64. The molecule has 1 aromatic carbocycles. The smallest absolute Gasteiger partial charge is 0.225 e. The molecule has 0 bridgehead atoms. The molecule has 9 nitrogen and oxygen atoms in total. The topological polar surface area (TPSA) is 114 Å². The zero-order valence-corrected chi connectivity index (χ0v) is 17.3. The molecular formula is C19H18BrN7O2. The van der Waals surface area contributed by atoms with Crippen molar-refractivity contribution in [3.05, 3.63) is 58.5 Å². The number of nitrogens with zero attached hydrogens (tertiary/aromatic N) is 4. The Bertz CT molecular complexity index is 1130. The van der Waals surface area contributed by atoms with E-state index < -0.39 is 0 Å². The van der Waals surface area contributed by atoms with Crippen molar-refractivity contribution in [1.82, 2.24) is 25.3 Å². The lowest BCUT2D eigenvalue weighted by molar-refractivity contribution is 0.388. The molecule has 148 valence electrons. The van der Waals surface area contributed by atoms with E-state index >= 15 is 0 Å². The second kappa shape index (κ2) is 8.31. The predicted molar refractivity (Wildman–Crippen MR) is 112 cm³/mol. The third kappa shape index (κ3) is 4.37. The number of methoxy groups -OCH3 is 1. The molecule has 4 aromatic rings. The van der Waals surface area contributed by atoms with Crippen LogP contribution in [0.15, 0.2) is 51.6 Å². The first-order valence-electron chi connectivity index (χ1n) is 8.77. The lowest BCUT2D eigenvalue weighted by Gasteiger charge is -2.07. The van der Waals surface area contributed by atoms with Crippen LogP contribution in [-0.2, 0) is 6.54 Å². The van der Waals surface area contributed by atoms with Crippen molar-refractivity contribution < 1.29 is 9.26 Å². The summed E-state index contributed by atoms with van der Waals surface area (Å²) >= 11 is 3.44. The van der Waals surface area contributed by atoms with Gasteiger partial charge in [0.2, 0.25) is 5.95 Å². The van der Waals surface area contributed by atoms with Crippen LogP contribution in [0.5, 0.6) is 5.75 Å². The minimum absolute atomic E-state index is 0.380. The van der Waals surface area contributed by atoms with Crippen molar-refractivity contribution in [3.63, 3.8) is 0 Å². The van der Waals surface area contributed by atoms with Crippen LogP contribution in [0.4, 0.5) is 17.6 Å². The molecule has 0 saturated carbocycles. The highest BCUT2D eigenvalue weighted by Gasteiger charge is 2.12. The first kappa shape index (κ1) is 18.9. The third-order valence-electron chi connectivity index (χ3n) is 4.06. The predicted octanol–water partition coefficient (Wildman–Crippen LogP) is 4.29. The van der Waals surface area contributed by atoms with Crippen LogP contribution in [0.25, 0.3) is 11.3 Å². The zero-order chi connectivity index (χ0) is 20.2. The number of rotatable bonds is 7. The monoisotopic (exact) mass is 455 g/mol. The number of anilines is 3. The summed E-state index contributed by atoms with van der Waals surface area (Å²) in [6.45, 7) is 2.31. The number of nitrogens with one attached hydrogen (secondary N) is 3. The van der Waals surface area contributed by atoms with E-state index in [1.807, 2.05) is 43.3 Å². The molecule has 3 heterocycles. The Balaban J connectivity index is 1.46. The molecule has 0 aliphatic heterocycles. The van der Waals surface area contributed by atoms with E-state index in [2.05, 4.69) is 51.9 Å². The van der Waals surface area contributed by atoms with E-state index in [9.17, 15) is 0 Å². The number of benzene rings is 1. The first-order valence-corrected chi connectivity index (χ1v) is 9.56. The molecule has 0 spiro atoms. The van der Waals surface area contributed by atoms with Gasteiger partial charge >= 0.3 is 0 Å². The number of hydrogen-bond acceptors (Lipinski definition) is 8. The van der Waals surface area contributed by atoms with Gasteiger partial charge in [-0.15, -0.1) is 0 Å². The normalized spacial score (nSPS) is 10.7. The van der Waals surface area contributed by atoms with Crippen LogP contribution in [0.3, 0.4) is 0 Å². The SMILES string of the molecule is COc1ccccc1-c1cc(CNc2ncc(Br)c(Nc3cc(C)[nH]n3)n2)on1. The molecule has 29 heavy (non-hydrogen) atoms. The fourth-order valence-electron chi connectivity index (χ4n) is 2.69. The van der Waals surface area contributed by atoms with E-state index in [0.29, 0.717) is 35.6 Å². The van der Waals surface area contributed by atoms with E-state index in [-0.39, 0.29) is 0 Å². The summed E-state index contributed by atoms with van der Waals surface area (Å²) < 4.78 is 11.5. The van der Waals surface area contributed by atoms with Crippen molar-refractivity contribution in [1.29, 1.82) is 0 Å². The summed E-state index contributed by atoms with van der Waals surface area (Å²) in [6.07, 6.45) is 1.66. The number of aryl methyl sites for hydroxylation is 1. The molecule has 0 amide bonds. The van der Waals surface area contributed by atoms with Crippen LogP contribution in [0, 0.1) is 6.92 Å². The van der Waals surface area contributed by atoms with Crippen LogP contribution in [-0.4, -0.2) is 32.4 Å². The Morgan fingerprint density at radius 1 is 1.24 bits per heavy atom. The van der Waals surface area contributed by atoms with Crippen molar-refractivity contribution in [2.75, 3.05) is 17.7 Å². The van der Waals surface area contributed by atoms with Gasteiger partial charge in [0, 0.05) is 29.6 Å². The van der Waals surface area contributed by atoms with E-state index in [0.717, 1.165) is 21.5 Å². The number of hydrogen-bond donors (Lipinski definition) is 3. The van der Waals surface area contributed by atoms with Gasteiger partial charge in [-0.3, -0.25) is 5.10 Å². The largest absolute Gasteiger partial charge is 0.496 e. The second-order valence-electron chi connectivity index (χ2n) is 6.18. The fraction of sp³-hybridized carbons (Fsp3) is 0.158. The minimum atomic E-state index is 0.380. The highest BCUT2D eigenvalue weighted by Crippen LogP contribution is 2.29. The van der Waals surface area contributed by atoms with Crippen molar-refractivity contribution in [2.45, 2.75) is 13.5 Å². The standard InChI is InChI=1S/C19H18BrN7O2/c1-11-7-17(26-25-11)23-18-14(20)10-22-19(24-18)21-9-12-8-15(27-29-12)13-5-3-4-6-16(13)28-2/h3-8,10H,9H2,1-2H3,(H3,21,22,23,24,25,26). The van der Waals surface area contributed by atoms with Crippen LogP contribution < -0.4 is 15.4 Å². The van der Waals surface area contributed by atoms with Gasteiger partial charge in [0.25, 0.3) is 0 Å². The minimum Gasteiger partial charge on any atom is -0.496 e. The van der Waals surface area contributed by atoms with E-state index in [1.165, 1.54) is 0 Å². The summed E-state index contributed by atoms with van der Waals surface area (Å²) in [4.78, 5) is 8.74. The van der Waals surface area contributed by atoms with E-state index in [4.69, 9.17) is 9.26 Å². The Hall–Kier alpha value is -3.40. The number of H-pyrrole nitrogens is 1. The maximum Gasteiger partial charge on any atom is 0.225 e. The summed E-state index contributed by atoms with van der Waals surface area (Å²) in [5.41, 5.74) is 2.52. The molecular weight excluding hydrogens is 438 g/mol. The van der Waals surface area contributed by atoms with Gasteiger partial charge in [-0.2, -0.15) is 10.1 Å². The van der Waals surface area contributed by atoms with Crippen LogP contribution in [0.1, 0.15) is 11.5 Å². The molecule has 3 aromatic heterocycles. The summed E-state index contributed by atoms with van der Waals surface area (Å²) in [7, 11) is 1.63. The number of aromatic nitrogens is 5. The molecule has 4 rings (SSSR count). The maximum atomic E-state index is 5.43. The molecule has 0 saturated heterocycles. The second-order valence-corrected chi connectivity index (χ2v) is 7.04. The Morgan fingerprint density at radius 3 is 2.90 bits per heavy atom. The number of halogens is 1. The van der Waals surface area contributed by atoms with Gasteiger partial charge < -0.3 is 19.9 Å². The van der Waals surface area contributed by atoms with Gasteiger partial charge in [0.1, 0.15) is 11.4 Å². The summed E-state index contributed by atoms with van der Waals surface area (Å²) in [6, 6.07) is 11.4. The van der Waals surface area contributed by atoms with Gasteiger partial charge in [-0.25, -0.2) is 4.98 Å². The average molecular weight is 456 g/mol. The number of ether oxygens (including phenoxy) is 1. The number of para-hydroxylation sites is 1. The summed E-state index contributed by atoms with van der Waals surface area (Å²) in [5, 5.41) is 17.4. The van der Waals surface area contributed by atoms with Gasteiger partial charge in [0.05, 0.1) is 18.1 Å². The van der Waals surface area contributed by atoms with Crippen LogP contribution in [0.2, 0.25) is 0 Å². The quantitative estimate of drug-likeness (QED) is 0.378. The van der Waals surface area contributed by atoms with Gasteiger partial charge in [-0.05, 0) is 35.0 Å². The van der Waals surface area contributed by atoms with Crippen molar-refractivity contribution in [3.8, 4) is 17.0 Å². The van der Waals surface area contributed by atoms with E-state index in [1.54, 1.807) is 13.3 Å². The fourth-order valence-corrected chi connectivity index (χ4v) is 2.98. The Morgan fingerprint density at radius 2 is 2.10 bits per heavy atom. The molecule has 3 N–H and O–H groups in total. The van der Waals surface area contributed by atoms with Crippen molar-refractivity contribution in [2.24, 2.45) is 0 Å². The molecule has 0 fully saturated rings. The zero-order valence-electron chi connectivity index (χ0n) is 15.7. The lowest BCUT2D eigenvalue weighted by Crippen LogP contribution is -2.05. The molecule has 0 aliphatic rings. The first-order chi connectivity index (χ1) is 14.1. The average Bonchev–Trinajstić information content (AvgIpc) is 3.37. The number of aromatic amines is 1. The Kier molecular flexibility index (Phi) is 5.43. The molecule has 0 aliphatic carbocycles. The van der Waals surface area contributed by atoms with Gasteiger partial charge in [-0.1, -0.05) is 17.3 Å². The van der Waals surface area contributed by atoms with Crippen LogP contribution >= 0.6 is 15.9 Å². The summed E-state index contributed by atoms with van der Waals surface area (Å²) in [5.74, 6) is 3.10. The van der Waals surface area contributed by atoms with Gasteiger partial charge in [0.15, 0.2) is 17.4 Å². The van der Waals surface area contributed by atoms with Crippen molar-refractivity contribution >= 4 is 33.5 Å². The highest BCUT2D eigenvalue weighted by molar-refractivity contribution is 9.10.